The first-order chi connectivity index (χ1) is 5.18. The van der Waals surface area contributed by atoms with Crippen LogP contribution >= 0.6 is 11.6 Å². The maximum Gasteiger partial charge on any atom is 0.0336 e. The molecular weight excluding hydrogens is 160 g/mol. The summed E-state index contributed by atoms with van der Waals surface area (Å²) in [6, 6.07) is 0.333. The van der Waals surface area contributed by atoms with E-state index >= 15 is 0 Å². The van der Waals surface area contributed by atoms with Crippen LogP contribution in [-0.2, 0) is 0 Å². The summed E-state index contributed by atoms with van der Waals surface area (Å²) < 4.78 is 0. The van der Waals surface area contributed by atoms with Gasteiger partial charge in [-0.15, -0.1) is 0 Å². The summed E-state index contributed by atoms with van der Waals surface area (Å²) in [4.78, 5) is 2.25. The summed E-state index contributed by atoms with van der Waals surface area (Å²) in [5.74, 6) is 0. The van der Waals surface area contributed by atoms with E-state index in [4.69, 9.17) is 17.3 Å². The van der Waals surface area contributed by atoms with E-state index in [1.54, 1.807) is 0 Å². The summed E-state index contributed by atoms with van der Waals surface area (Å²) in [5.41, 5.74) is 5.79. The van der Waals surface area contributed by atoms with E-state index < -0.39 is 0 Å². The van der Waals surface area contributed by atoms with Crippen molar-refractivity contribution in [3.8, 4) is 0 Å². The maximum absolute atomic E-state index is 5.79. The highest BCUT2D eigenvalue weighted by Crippen LogP contribution is 2.10. The Balaban J connectivity index is 2.28. The molecule has 1 aliphatic heterocycles. The standard InChI is InChI=1S/C8H15ClN2/c1-7(9)5-11-4-2-3-8(10)6-11/h8H,1-6,10H2. The van der Waals surface area contributed by atoms with Crippen molar-refractivity contribution in [3.05, 3.63) is 11.6 Å². The molecule has 0 aromatic heterocycles. The van der Waals surface area contributed by atoms with Gasteiger partial charge in [0.15, 0.2) is 0 Å². The average Bonchev–Trinajstić information content (AvgIpc) is 1.85. The highest BCUT2D eigenvalue weighted by molar-refractivity contribution is 6.29. The van der Waals surface area contributed by atoms with Crippen LogP contribution in [0.25, 0.3) is 0 Å². The summed E-state index contributed by atoms with van der Waals surface area (Å²) in [6.07, 6.45) is 2.33. The summed E-state index contributed by atoms with van der Waals surface area (Å²) in [5, 5.41) is 0.708. The largest absolute Gasteiger partial charge is 0.327 e. The maximum atomic E-state index is 5.79. The van der Waals surface area contributed by atoms with Crippen molar-refractivity contribution in [1.82, 2.24) is 4.90 Å². The number of halogens is 1. The second-order valence-electron chi connectivity index (χ2n) is 3.15. The van der Waals surface area contributed by atoms with Gasteiger partial charge in [0.1, 0.15) is 0 Å². The van der Waals surface area contributed by atoms with Gasteiger partial charge in [0.25, 0.3) is 0 Å². The van der Waals surface area contributed by atoms with E-state index in [0.29, 0.717) is 11.1 Å². The molecule has 0 radical (unpaired) electrons. The zero-order valence-corrected chi connectivity index (χ0v) is 7.48. The third-order valence-corrected chi connectivity index (χ3v) is 2.06. The van der Waals surface area contributed by atoms with Gasteiger partial charge in [0.2, 0.25) is 0 Å². The van der Waals surface area contributed by atoms with Crippen molar-refractivity contribution in [1.29, 1.82) is 0 Å². The molecule has 0 aromatic rings. The zero-order valence-electron chi connectivity index (χ0n) is 6.72. The average molecular weight is 175 g/mol. The van der Waals surface area contributed by atoms with E-state index in [0.717, 1.165) is 26.1 Å². The predicted octanol–water partition coefficient (Wildman–Crippen LogP) is 1.16. The molecule has 0 spiro atoms. The van der Waals surface area contributed by atoms with E-state index in [1.165, 1.54) is 6.42 Å². The monoisotopic (exact) mass is 174 g/mol. The van der Waals surface area contributed by atoms with Gasteiger partial charge < -0.3 is 5.73 Å². The number of hydrogen-bond acceptors (Lipinski definition) is 2. The van der Waals surface area contributed by atoms with Gasteiger partial charge in [-0.05, 0) is 19.4 Å². The van der Waals surface area contributed by atoms with Crippen LogP contribution in [-0.4, -0.2) is 30.6 Å². The second-order valence-corrected chi connectivity index (χ2v) is 3.69. The van der Waals surface area contributed by atoms with Crippen molar-refractivity contribution in [2.45, 2.75) is 18.9 Å². The fourth-order valence-corrected chi connectivity index (χ4v) is 1.65. The van der Waals surface area contributed by atoms with Gasteiger partial charge in [0, 0.05) is 24.2 Å². The Morgan fingerprint density at radius 3 is 3.00 bits per heavy atom. The van der Waals surface area contributed by atoms with Gasteiger partial charge in [-0.25, -0.2) is 0 Å². The van der Waals surface area contributed by atoms with Crippen LogP contribution in [0.5, 0.6) is 0 Å². The molecule has 64 valence electrons. The van der Waals surface area contributed by atoms with Crippen molar-refractivity contribution in [2.75, 3.05) is 19.6 Å². The first-order valence-electron chi connectivity index (χ1n) is 3.99. The fourth-order valence-electron chi connectivity index (χ4n) is 1.48. The summed E-state index contributed by atoms with van der Waals surface area (Å²) in [6.45, 7) is 6.52. The zero-order chi connectivity index (χ0) is 8.27. The van der Waals surface area contributed by atoms with Crippen molar-refractivity contribution in [3.63, 3.8) is 0 Å². The molecule has 1 unspecified atom stereocenters. The van der Waals surface area contributed by atoms with Gasteiger partial charge in [0.05, 0.1) is 0 Å². The molecule has 1 atom stereocenters. The van der Waals surface area contributed by atoms with Gasteiger partial charge in [-0.3, -0.25) is 4.90 Å². The normalized spacial score (nSPS) is 26.9. The van der Waals surface area contributed by atoms with Crippen LogP contribution in [0.2, 0.25) is 0 Å². The lowest BCUT2D eigenvalue weighted by Gasteiger charge is -2.30. The minimum Gasteiger partial charge on any atom is -0.327 e. The second kappa shape index (κ2) is 4.10. The van der Waals surface area contributed by atoms with Crippen LogP contribution < -0.4 is 5.73 Å². The lowest BCUT2D eigenvalue weighted by atomic mass is 10.1. The molecule has 1 heterocycles. The third kappa shape index (κ3) is 3.23. The van der Waals surface area contributed by atoms with Crippen LogP contribution in [0.4, 0.5) is 0 Å². The number of piperidine rings is 1. The van der Waals surface area contributed by atoms with Crippen LogP contribution in [0, 0.1) is 0 Å². The molecule has 0 bridgehead atoms. The summed E-state index contributed by atoms with van der Waals surface area (Å²) in [7, 11) is 0. The quantitative estimate of drug-likeness (QED) is 0.681. The number of hydrogen-bond donors (Lipinski definition) is 1. The van der Waals surface area contributed by atoms with E-state index in [-0.39, 0.29) is 0 Å². The van der Waals surface area contributed by atoms with Crippen LogP contribution in [0.15, 0.2) is 11.6 Å². The molecule has 1 saturated heterocycles. The molecule has 2 nitrogen and oxygen atoms in total. The molecule has 11 heavy (non-hydrogen) atoms. The Labute approximate surface area is 73.0 Å². The highest BCUT2D eigenvalue weighted by atomic mass is 35.5. The van der Waals surface area contributed by atoms with Gasteiger partial charge in [-0.2, -0.15) is 0 Å². The van der Waals surface area contributed by atoms with Crippen LogP contribution in [0.1, 0.15) is 12.8 Å². The van der Waals surface area contributed by atoms with E-state index in [2.05, 4.69) is 11.5 Å². The van der Waals surface area contributed by atoms with Gasteiger partial charge in [-0.1, -0.05) is 18.2 Å². The Kier molecular flexibility index (Phi) is 3.37. The van der Waals surface area contributed by atoms with E-state index in [1.807, 2.05) is 0 Å². The van der Waals surface area contributed by atoms with Gasteiger partial charge >= 0.3 is 0 Å². The molecule has 3 heteroatoms. The van der Waals surface area contributed by atoms with Crippen molar-refractivity contribution < 1.29 is 0 Å². The molecule has 0 aromatic carbocycles. The lowest BCUT2D eigenvalue weighted by Crippen LogP contribution is -2.43. The fraction of sp³-hybridized carbons (Fsp3) is 0.750. The minimum absolute atomic E-state index is 0.333. The minimum atomic E-state index is 0.333. The molecule has 2 N–H and O–H groups in total. The molecule has 1 rings (SSSR count). The number of rotatable bonds is 2. The topological polar surface area (TPSA) is 29.3 Å². The first-order valence-corrected chi connectivity index (χ1v) is 4.37. The highest BCUT2D eigenvalue weighted by Gasteiger charge is 2.15. The number of nitrogens with two attached hydrogens (primary N) is 1. The summed E-state index contributed by atoms with van der Waals surface area (Å²) >= 11 is 5.68. The Hall–Kier alpha value is -0.0500. The Bertz CT molecular complexity index is 147. The Morgan fingerprint density at radius 2 is 2.45 bits per heavy atom. The van der Waals surface area contributed by atoms with E-state index in [9.17, 15) is 0 Å². The first kappa shape index (κ1) is 9.04. The number of nitrogens with zero attached hydrogens (tertiary/aromatic N) is 1. The smallest absolute Gasteiger partial charge is 0.0336 e. The van der Waals surface area contributed by atoms with Crippen LogP contribution in [0.3, 0.4) is 0 Å². The molecule has 1 fully saturated rings. The van der Waals surface area contributed by atoms with Crippen molar-refractivity contribution >= 4 is 11.6 Å². The molecule has 0 aliphatic carbocycles. The lowest BCUT2D eigenvalue weighted by molar-refractivity contribution is 0.228. The molecule has 0 amide bonds. The SMILES string of the molecule is C=C(Cl)CN1CCCC(N)C1. The Morgan fingerprint density at radius 1 is 1.73 bits per heavy atom. The third-order valence-electron chi connectivity index (χ3n) is 1.94. The molecule has 1 aliphatic rings. The van der Waals surface area contributed by atoms with Crippen molar-refractivity contribution in [2.24, 2.45) is 5.73 Å². The predicted molar refractivity (Wildman–Crippen MR) is 48.6 cm³/mol. The molecule has 0 saturated carbocycles. The molecular formula is C8H15ClN2. The number of likely N-dealkylation sites (tertiary alicyclic amines) is 1.